The van der Waals surface area contributed by atoms with E-state index in [9.17, 15) is 4.91 Å². The van der Waals surface area contributed by atoms with Gasteiger partial charge in [0, 0.05) is 12.5 Å². The number of nitrogens with zero attached hydrogens (tertiary/aromatic N) is 1. The van der Waals surface area contributed by atoms with Gasteiger partial charge in [0.15, 0.2) is 11.9 Å². The molecule has 0 spiro atoms. The zero-order valence-electron chi connectivity index (χ0n) is 8.33. The molecular weight excluding hydrogens is 180 g/mol. The van der Waals surface area contributed by atoms with Crippen molar-refractivity contribution in [2.24, 2.45) is 5.18 Å². The summed E-state index contributed by atoms with van der Waals surface area (Å²) in [6.45, 7) is 4.02. The van der Waals surface area contributed by atoms with Gasteiger partial charge in [-0.1, -0.05) is 0 Å². The molecule has 0 saturated carbocycles. The Kier molecular flexibility index (Phi) is 1.98. The molecule has 0 fully saturated rings. The number of rotatable bonds is 1. The van der Waals surface area contributed by atoms with Gasteiger partial charge < -0.3 is 4.74 Å². The summed E-state index contributed by atoms with van der Waals surface area (Å²) in [4.78, 5) is 13.6. The van der Waals surface area contributed by atoms with Crippen LogP contribution in [0.2, 0.25) is 0 Å². The summed E-state index contributed by atoms with van der Waals surface area (Å²) >= 11 is 0. The number of aromatic nitrogens is 1. The van der Waals surface area contributed by atoms with E-state index < -0.39 is 0 Å². The largest absolute Gasteiger partial charge is 0.480 e. The van der Waals surface area contributed by atoms with Crippen molar-refractivity contribution in [3.8, 4) is 5.75 Å². The highest BCUT2D eigenvalue weighted by atomic mass is 16.5. The van der Waals surface area contributed by atoms with Crippen LogP contribution in [0.3, 0.4) is 0 Å². The molecule has 4 heteroatoms. The van der Waals surface area contributed by atoms with Crippen LogP contribution in [0.25, 0.3) is 0 Å². The molecular formula is C10H13N2O2+. The van der Waals surface area contributed by atoms with Crippen LogP contribution in [-0.2, 0) is 6.42 Å². The molecule has 0 saturated heterocycles. The number of nitrogens with one attached hydrogen (secondary N) is 1. The smallest absolute Gasteiger partial charge is 0.224 e. The maximum absolute atomic E-state index is 10.5. The van der Waals surface area contributed by atoms with Crippen molar-refractivity contribution < 1.29 is 9.72 Å². The highest BCUT2D eigenvalue weighted by molar-refractivity contribution is 5.52. The second-order valence-electron chi connectivity index (χ2n) is 4.12. The van der Waals surface area contributed by atoms with Crippen LogP contribution in [0.5, 0.6) is 5.75 Å². The fourth-order valence-corrected chi connectivity index (χ4v) is 1.64. The summed E-state index contributed by atoms with van der Waals surface area (Å²) in [6, 6.07) is 1.63. The van der Waals surface area contributed by atoms with E-state index in [0.29, 0.717) is 11.4 Å². The van der Waals surface area contributed by atoms with Gasteiger partial charge in [-0.05, 0) is 25.4 Å². The van der Waals surface area contributed by atoms with E-state index in [4.69, 9.17) is 4.74 Å². The molecule has 0 aromatic carbocycles. The van der Waals surface area contributed by atoms with Gasteiger partial charge in [0.25, 0.3) is 0 Å². The minimum Gasteiger partial charge on any atom is -0.480 e. The van der Waals surface area contributed by atoms with E-state index in [-0.39, 0.29) is 5.60 Å². The summed E-state index contributed by atoms with van der Waals surface area (Å²) in [6.07, 6.45) is 3.56. The summed E-state index contributed by atoms with van der Waals surface area (Å²) < 4.78 is 5.72. The molecule has 0 amide bonds. The summed E-state index contributed by atoms with van der Waals surface area (Å²) in [5.74, 6) is 0.610. The zero-order chi connectivity index (χ0) is 10.2. The van der Waals surface area contributed by atoms with Gasteiger partial charge in [-0.25, -0.2) is 4.98 Å². The van der Waals surface area contributed by atoms with Crippen molar-refractivity contribution in [3.05, 3.63) is 22.9 Å². The maximum atomic E-state index is 10.5. The van der Waals surface area contributed by atoms with E-state index in [0.717, 1.165) is 18.5 Å². The van der Waals surface area contributed by atoms with Crippen molar-refractivity contribution in [2.75, 3.05) is 0 Å². The third-order valence-electron chi connectivity index (χ3n) is 2.46. The Bertz CT molecular complexity index is 374. The van der Waals surface area contributed by atoms with Gasteiger partial charge in [0.05, 0.1) is 0 Å². The molecule has 1 aromatic rings. The Balaban J connectivity index is 2.48. The van der Waals surface area contributed by atoms with E-state index in [2.05, 4.69) is 10.2 Å². The normalized spacial score (nSPS) is 18.1. The molecule has 0 radical (unpaired) electrons. The first kappa shape index (κ1) is 9.12. The van der Waals surface area contributed by atoms with Crippen LogP contribution < -0.4 is 9.72 Å². The van der Waals surface area contributed by atoms with Crippen molar-refractivity contribution in [3.63, 3.8) is 0 Å². The lowest BCUT2D eigenvalue weighted by atomic mass is 9.97. The van der Waals surface area contributed by atoms with Crippen LogP contribution in [0.4, 0.5) is 5.69 Å². The Morgan fingerprint density at radius 2 is 2.36 bits per heavy atom. The van der Waals surface area contributed by atoms with Crippen molar-refractivity contribution in [1.82, 2.24) is 0 Å². The Labute approximate surface area is 82.3 Å². The summed E-state index contributed by atoms with van der Waals surface area (Å²) in [7, 11) is 0. The predicted molar refractivity (Wildman–Crippen MR) is 51.5 cm³/mol. The molecule has 1 N–H and O–H groups in total. The van der Waals surface area contributed by atoms with Crippen LogP contribution in [-0.4, -0.2) is 5.60 Å². The lowest BCUT2D eigenvalue weighted by Gasteiger charge is -2.29. The molecule has 0 aliphatic carbocycles. The zero-order valence-corrected chi connectivity index (χ0v) is 8.33. The quantitative estimate of drug-likeness (QED) is 0.640. The lowest BCUT2D eigenvalue weighted by molar-refractivity contribution is -0.393. The second-order valence-corrected chi connectivity index (χ2v) is 4.12. The molecule has 2 rings (SSSR count). The van der Waals surface area contributed by atoms with E-state index in [1.54, 1.807) is 12.3 Å². The molecule has 4 nitrogen and oxygen atoms in total. The Hall–Kier alpha value is -1.45. The minimum atomic E-state index is -0.207. The third-order valence-corrected chi connectivity index (χ3v) is 2.46. The third kappa shape index (κ3) is 1.47. The van der Waals surface area contributed by atoms with Gasteiger partial charge in [-0.3, -0.25) is 0 Å². The van der Waals surface area contributed by atoms with Gasteiger partial charge >= 0.3 is 0 Å². The monoisotopic (exact) mass is 193 g/mol. The van der Waals surface area contributed by atoms with Gasteiger partial charge in [0.1, 0.15) is 5.60 Å². The molecule has 1 aliphatic heterocycles. The fourth-order valence-electron chi connectivity index (χ4n) is 1.64. The maximum Gasteiger partial charge on any atom is 0.224 e. The van der Waals surface area contributed by atoms with Gasteiger partial charge in [-0.15, -0.1) is 4.91 Å². The first-order chi connectivity index (χ1) is 6.62. The average Bonchev–Trinajstić information content (AvgIpc) is 2.15. The number of hydrogen-bond acceptors (Lipinski definition) is 3. The molecule has 0 atom stereocenters. The lowest BCUT2D eigenvalue weighted by Crippen LogP contribution is -2.35. The molecule has 74 valence electrons. The molecule has 0 unspecified atom stereocenters. The summed E-state index contributed by atoms with van der Waals surface area (Å²) in [5, 5.41) is 2.95. The van der Waals surface area contributed by atoms with Crippen molar-refractivity contribution in [1.29, 1.82) is 0 Å². The van der Waals surface area contributed by atoms with Crippen LogP contribution in [0.1, 0.15) is 26.0 Å². The number of hydrogen-bond donors (Lipinski definition) is 0. The van der Waals surface area contributed by atoms with Gasteiger partial charge in [0.2, 0.25) is 11.4 Å². The molecule has 1 aromatic heterocycles. The highest BCUT2D eigenvalue weighted by Gasteiger charge is 2.32. The number of ether oxygens (including phenoxy) is 1. The second kappa shape index (κ2) is 3.04. The first-order valence-corrected chi connectivity index (χ1v) is 4.68. The SMILES string of the molecule is CC1(C)CCc2[nH+]ccc(N=O)c2O1. The fraction of sp³-hybridized carbons (Fsp3) is 0.500. The van der Waals surface area contributed by atoms with E-state index >= 15 is 0 Å². The highest BCUT2D eigenvalue weighted by Crippen LogP contribution is 2.37. The van der Waals surface area contributed by atoms with Crippen LogP contribution in [0, 0.1) is 4.91 Å². The number of aryl methyl sites for hydroxylation is 1. The number of aromatic amines is 1. The van der Waals surface area contributed by atoms with Crippen molar-refractivity contribution >= 4 is 5.69 Å². The number of fused-ring (bicyclic) bond motifs is 1. The number of nitroso groups, excluding NO2 is 1. The minimum absolute atomic E-state index is 0.207. The molecule has 14 heavy (non-hydrogen) atoms. The molecule has 0 bridgehead atoms. The molecule has 2 heterocycles. The number of H-pyrrole nitrogens is 1. The Morgan fingerprint density at radius 3 is 3.07 bits per heavy atom. The van der Waals surface area contributed by atoms with E-state index in [1.807, 2.05) is 13.8 Å². The topological polar surface area (TPSA) is 52.8 Å². The summed E-state index contributed by atoms with van der Waals surface area (Å²) in [5.41, 5.74) is 1.13. The van der Waals surface area contributed by atoms with Gasteiger partial charge in [-0.2, -0.15) is 0 Å². The molecule has 1 aliphatic rings. The van der Waals surface area contributed by atoms with Crippen LogP contribution >= 0.6 is 0 Å². The predicted octanol–water partition coefficient (Wildman–Crippen LogP) is 2.00. The standard InChI is InChI=1S/C10H12N2O2/c1-10(2)5-3-7-9(14-10)8(12-13)4-6-11-7/h4,6H,3,5H2,1-2H3/p+1. The average molecular weight is 193 g/mol. The van der Waals surface area contributed by atoms with Crippen molar-refractivity contribution in [2.45, 2.75) is 32.3 Å². The number of pyridine rings is 1. The van der Waals surface area contributed by atoms with Crippen LogP contribution in [0.15, 0.2) is 17.4 Å². The Morgan fingerprint density at radius 1 is 1.57 bits per heavy atom. The first-order valence-electron chi connectivity index (χ1n) is 4.68. The van der Waals surface area contributed by atoms with E-state index in [1.165, 1.54) is 0 Å².